The fourth-order valence-electron chi connectivity index (χ4n) is 4.16. The zero-order valence-electron chi connectivity index (χ0n) is 20.2. The summed E-state index contributed by atoms with van der Waals surface area (Å²) in [6, 6.07) is 12.5. The van der Waals surface area contributed by atoms with Gasteiger partial charge in [-0.25, -0.2) is 4.98 Å². The second-order valence-electron chi connectivity index (χ2n) is 8.37. The molecule has 172 valence electrons. The molecular weight excluding hydrogens is 414 g/mol. The predicted octanol–water partition coefficient (Wildman–Crippen LogP) is 5.78. The Labute approximate surface area is 194 Å². The van der Waals surface area contributed by atoms with Gasteiger partial charge in [-0.2, -0.15) is 0 Å². The standard InChI is InChI=1S/C27H31N3O3/c1-7-23-22-14-26(33-6)25(32-5)13-21(22)19(15-28-23)11-18-10-17-12-20(31-4)8-9-24(17)30-27(18)29-16(2)3/h8-10,12-16H,7,11H2,1-6H3,(H,29,30). The molecule has 4 aromatic rings. The molecule has 33 heavy (non-hydrogen) atoms. The van der Waals surface area contributed by atoms with Gasteiger partial charge in [0, 0.05) is 35.1 Å². The number of fused-ring (bicyclic) bond motifs is 2. The first-order chi connectivity index (χ1) is 16.0. The van der Waals surface area contributed by atoms with Gasteiger partial charge in [0.2, 0.25) is 0 Å². The fourth-order valence-corrected chi connectivity index (χ4v) is 4.16. The quantitative estimate of drug-likeness (QED) is 0.371. The lowest BCUT2D eigenvalue weighted by molar-refractivity contribution is 0.356. The van der Waals surface area contributed by atoms with Gasteiger partial charge in [0.25, 0.3) is 0 Å². The molecule has 0 radical (unpaired) electrons. The largest absolute Gasteiger partial charge is 0.497 e. The number of pyridine rings is 2. The topological polar surface area (TPSA) is 65.5 Å². The number of methoxy groups -OCH3 is 3. The van der Waals surface area contributed by atoms with Crippen molar-refractivity contribution in [1.82, 2.24) is 9.97 Å². The number of hydrogen-bond donors (Lipinski definition) is 1. The van der Waals surface area contributed by atoms with Crippen molar-refractivity contribution in [2.24, 2.45) is 0 Å². The molecule has 0 atom stereocenters. The molecule has 0 saturated carbocycles. The van der Waals surface area contributed by atoms with E-state index in [1.165, 1.54) is 0 Å². The number of aromatic nitrogens is 2. The van der Waals surface area contributed by atoms with E-state index in [4.69, 9.17) is 24.2 Å². The van der Waals surface area contributed by atoms with Crippen LogP contribution in [0.1, 0.15) is 37.6 Å². The SMILES string of the molecule is CCc1ncc(Cc2cc3cc(OC)ccc3nc2NC(C)C)c2cc(OC)c(OC)cc12. The van der Waals surface area contributed by atoms with Crippen molar-refractivity contribution >= 4 is 27.5 Å². The molecule has 4 rings (SSSR count). The fraction of sp³-hybridized carbons (Fsp3) is 0.333. The maximum Gasteiger partial charge on any atom is 0.161 e. The number of hydrogen-bond acceptors (Lipinski definition) is 6. The molecule has 0 spiro atoms. The minimum absolute atomic E-state index is 0.258. The van der Waals surface area contributed by atoms with Gasteiger partial charge >= 0.3 is 0 Å². The van der Waals surface area contributed by atoms with Crippen LogP contribution >= 0.6 is 0 Å². The van der Waals surface area contributed by atoms with E-state index in [0.29, 0.717) is 17.9 Å². The number of nitrogens with zero attached hydrogens (tertiary/aromatic N) is 2. The van der Waals surface area contributed by atoms with Crippen LogP contribution in [0.3, 0.4) is 0 Å². The highest BCUT2D eigenvalue weighted by atomic mass is 16.5. The zero-order chi connectivity index (χ0) is 23.5. The summed E-state index contributed by atoms with van der Waals surface area (Å²) in [4.78, 5) is 9.71. The van der Waals surface area contributed by atoms with Crippen LogP contribution in [0.4, 0.5) is 5.82 Å². The third-order valence-electron chi connectivity index (χ3n) is 5.80. The van der Waals surface area contributed by atoms with E-state index in [1.54, 1.807) is 21.3 Å². The number of ether oxygens (including phenoxy) is 3. The second-order valence-corrected chi connectivity index (χ2v) is 8.37. The van der Waals surface area contributed by atoms with E-state index in [1.807, 2.05) is 30.5 Å². The molecule has 0 saturated heterocycles. The first kappa shape index (κ1) is 22.6. The summed E-state index contributed by atoms with van der Waals surface area (Å²) in [5, 5.41) is 6.76. The maximum atomic E-state index is 5.60. The Bertz CT molecular complexity index is 1300. The molecule has 6 heteroatoms. The Kier molecular flexibility index (Phi) is 6.54. The van der Waals surface area contributed by atoms with Gasteiger partial charge in [0.05, 0.1) is 26.8 Å². The van der Waals surface area contributed by atoms with Crippen molar-refractivity contribution in [3.05, 3.63) is 59.4 Å². The van der Waals surface area contributed by atoms with Gasteiger partial charge in [-0.3, -0.25) is 4.98 Å². The van der Waals surface area contributed by atoms with Crippen molar-refractivity contribution in [3.63, 3.8) is 0 Å². The summed E-state index contributed by atoms with van der Waals surface area (Å²) < 4.78 is 16.6. The lowest BCUT2D eigenvalue weighted by Gasteiger charge is -2.17. The molecule has 6 nitrogen and oxygen atoms in total. The van der Waals surface area contributed by atoms with E-state index >= 15 is 0 Å². The van der Waals surface area contributed by atoms with Gasteiger partial charge in [-0.05, 0) is 73.2 Å². The maximum absolute atomic E-state index is 5.60. The van der Waals surface area contributed by atoms with Crippen molar-refractivity contribution in [2.45, 2.75) is 39.7 Å². The number of nitrogens with one attached hydrogen (secondary N) is 1. The van der Waals surface area contributed by atoms with Crippen molar-refractivity contribution < 1.29 is 14.2 Å². The second kappa shape index (κ2) is 9.53. The van der Waals surface area contributed by atoms with Crippen molar-refractivity contribution in [3.8, 4) is 17.2 Å². The first-order valence-electron chi connectivity index (χ1n) is 11.2. The van der Waals surface area contributed by atoms with Gasteiger partial charge in [0.1, 0.15) is 11.6 Å². The molecule has 0 fully saturated rings. The normalized spacial score (nSPS) is 11.2. The van der Waals surface area contributed by atoms with E-state index in [2.05, 4.69) is 38.2 Å². The zero-order valence-corrected chi connectivity index (χ0v) is 20.2. The molecule has 0 unspecified atom stereocenters. The summed E-state index contributed by atoms with van der Waals surface area (Å²) in [7, 11) is 5.00. The van der Waals surface area contributed by atoms with Gasteiger partial charge in [-0.1, -0.05) is 6.92 Å². The predicted molar refractivity (Wildman–Crippen MR) is 134 cm³/mol. The number of aryl methyl sites for hydroxylation is 1. The third-order valence-corrected chi connectivity index (χ3v) is 5.80. The van der Waals surface area contributed by atoms with E-state index in [-0.39, 0.29) is 6.04 Å². The van der Waals surface area contributed by atoms with Crippen LogP contribution in [0.5, 0.6) is 17.2 Å². The number of benzene rings is 2. The third kappa shape index (κ3) is 4.51. The Morgan fingerprint density at radius 1 is 0.879 bits per heavy atom. The Morgan fingerprint density at radius 2 is 1.61 bits per heavy atom. The molecule has 2 aromatic carbocycles. The lowest BCUT2D eigenvalue weighted by Crippen LogP contribution is -2.13. The van der Waals surface area contributed by atoms with E-state index < -0.39 is 0 Å². The summed E-state index contributed by atoms with van der Waals surface area (Å²) in [6.07, 6.45) is 3.49. The van der Waals surface area contributed by atoms with E-state index in [0.717, 1.165) is 56.5 Å². The molecule has 2 aromatic heterocycles. The van der Waals surface area contributed by atoms with Crippen LogP contribution in [0.25, 0.3) is 21.7 Å². The molecule has 0 aliphatic carbocycles. The van der Waals surface area contributed by atoms with Crippen molar-refractivity contribution in [2.75, 3.05) is 26.6 Å². The van der Waals surface area contributed by atoms with Crippen LogP contribution in [0.2, 0.25) is 0 Å². The Balaban J connectivity index is 1.89. The van der Waals surface area contributed by atoms with Gasteiger partial charge < -0.3 is 19.5 Å². The molecule has 0 bridgehead atoms. The van der Waals surface area contributed by atoms with Crippen molar-refractivity contribution in [1.29, 1.82) is 0 Å². The lowest BCUT2D eigenvalue weighted by atomic mass is 9.97. The summed E-state index contributed by atoms with van der Waals surface area (Å²) in [6.45, 7) is 6.35. The summed E-state index contributed by atoms with van der Waals surface area (Å²) in [5.74, 6) is 3.12. The minimum Gasteiger partial charge on any atom is -0.497 e. The molecule has 2 heterocycles. The number of rotatable bonds is 8. The highest BCUT2D eigenvalue weighted by Crippen LogP contribution is 2.36. The first-order valence-corrected chi connectivity index (χ1v) is 11.2. The van der Waals surface area contributed by atoms with E-state index in [9.17, 15) is 0 Å². The van der Waals surface area contributed by atoms with Crippen LogP contribution in [0, 0.1) is 0 Å². The molecule has 0 aliphatic rings. The highest BCUT2D eigenvalue weighted by molar-refractivity contribution is 5.91. The highest BCUT2D eigenvalue weighted by Gasteiger charge is 2.16. The average molecular weight is 446 g/mol. The Morgan fingerprint density at radius 3 is 2.24 bits per heavy atom. The number of anilines is 1. The molecule has 0 amide bonds. The Hall–Kier alpha value is -3.54. The van der Waals surface area contributed by atoms with Crippen LogP contribution in [0.15, 0.2) is 42.6 Å². The molecule has 1 N–H and O–H groups in total. The smallest absolute Gasteiger partial charge is 0.161 e. The van der Waals surface area contributed by atoms with Crippen LogP contribution < -0.4 is 19.5 Å². The van der Waals surface area contributed by atoms with Gasteiger partial charge in [0.15, 0.2) is 11.5 Å². The van der Waals surface area contributed by atoms with Gasteiger partial charge in [-0.15, -0.1) is 0 Å². The van der Waals surface area contributed by atoms with Crippen LogP contribution in [-0.4, -0.2) is 37.3 Å². The minimum atomic E-state index is 0.258. The summed E-state index contributed by atoms with van der Waals surface area (Å²) >= 11 is 0. The summed E-state index contributed by atoms with van der Waals surface area (Å²) in [5.41, 5.74) is 4.18. The average Bonchev–Trinajstić information content (AvgIpc) is 2.82. The monoisotopic (exact) mass is 445 g/mol. The molecule has 0 aliphatic heterocycles. The molecular formula is C27H31N3O3. The van der Waals surface area contributed by atoms with Crippen LogP contribution in [-0.2, 0) is 12.8 Å².